The Bertz CT molecular complexity index is 652. The van der Waals surface area contributed by atoms with E-state index in [9.17, 15) is 4.79 Å². The second-order valence-corrected chi connectivity index (χ2v) is 7.64. The Labute approximate surface area is 146 Å². The van der Waals surface area contributed by atoms with E-state index in [1.165, 1.54) is 34.7 Å². The number of carboxylic acid groups (broad SMARTS) is 1. The van der Waals surface area contributed by atoms with Crippen LogP contribution in [0.15, 0.2) is 36.5 Å². The second-order valence-electron chi connectivity index (χ2n) is 6.49. The van der Waals surface area contributed by atoms with Gasteiger partial charge in [0.25, 0.3) is 0 Å². The molecule has 1 aliphatic rings. The number of carbonyl (C=O) groups is 1. The molecule has 0 aliphatic heterocycles. The molecule has 0 bridgehead atoms. The smallest absolute Gasteiger partial charge is 0.303 e. The highest BCUT2D eigenvalue weighted by molar-refractivity contribution is 7.11. The first kappa shape index (κ1) is 17.1. The minimum absolute atomic E-state index is 0.165. The molecular weight excluding hydrogens is 320 g/mol. The van der Waals surface area contributed by atoms with Crippen molar-refractivity contribution >= 4 is 17.3 Å². The fourth-order valence-corrected chi connectivity index (χ4v) is 4.00. The van der Waals surface area contributed by atoms with Crippen LogP contribution in [0.3, 0.4) is 0 Å². The van der Waals surface area contributed by atoms with E-state index < -0.39 is 5.97 Å². The molecule has 0 saturated heterocycles. The number of carboxylic acids is 1. The van der Waals surface area contributed by atoms with Crippen molar-refractivity contribution in [3.8, 4) is 0 Å². The molecule has 1 atom stereocenters. The first-order valence-corrected chi connectivity index (χ1v) is 9.46. The Kier molecular flexibility index (Phi) is 5.99. The van der Waals surface area contributed by atoms with Crippen LogP contribution >= 0.6 is 11.3 Å². The molecule has 1 unspecified atom stereocenters. The fraction of sp³-hybridized carbons (Fsp3) is 0.474. The van der Waals surface area contributed by atoms with Crippen LogP contribution in [0.25, 0.3) is 0 Å². The number of aliphatic carboxylic acids is 1. The average molecular weight is 344 g/mol. The van der Waals surface area contributed by atoms with Crippen LogP contribution in [0.4, 0.5) is 0 Å². The van der Waals surface area contributed by atoms with E-state index in [0.29, 0.717) is 12.3 Å². The van der Waals surface area contributed by atoms with E-state index in [-0.39, 0.29) is 12.5 Å². The van der Waals surface area contributed by atoms with Crippen molar-refractivity contribution in [1.29, 1.82) is 0 Å². The summed E-state index contributed by atoms with van der Waals surface area (Å²) in [6.07, 6.45) is 7.53. The molecule has 0 radical (unpaired) electrons. The summed E-state index contributed by atoms with van der Waals surface area (Å²) < 4.78 is 0. The van der Waals surface area contributed by atoms with Gasteiger partial charge in [-0.3, -0.25) is 4.79 Å². The molecule has 3 rings (SSSR count). The van der Waals surface area contributed by atoms with Gasteiger partial charge in [-0.15, -0.1) is 11.3 Å². The van der Waals surface area contributed by atoms with Gasteiger partial charge in [-0.2, -0.15) is 0 Å². The fourth-order valence-electron chi connectivity index (χ4n) is 2.97. The van der Waals surface area contributed by atoms with Crippen LogP contribution in [-0.2, 0) is 17.8 Å². The molecule has 0 spiro atoms. The van der Waals surface area contributed by atoms with Crippen LogP contribution in [0, 0.1) is 0 Å². The lowest BCUT2D eigenvalue weighted by atomic mass is 9.86. The number of aromatic nitrogens is 1. The normalized spacial score (nSPS) is 15.8. The number of hydrogen-bond donors (Lipinski definition) is 2. The van der Waals surface area contributed by atoms with Gasteiger partial charge in [0.1, 0.15) is 0 Å². The molecule has 1 aromatic heterocycles. The third kappa shape index (κ3) is 4.89. The predicted octanol–water partition coefficient (Wildman–Crippen LogP) is 3.98. The third-order valence-corrected chi connectivity index (χ3v) is 5.78. The molecule has 1 fully saturated rings. The summed E-state index contributed by atoms with van der Waals surface area (Å²) >= 11 is 1.80. The van der Waals surface area contributed by atoms with Crippen LogP contribution in [-0.4, -0.2) is 22.1 Å². The van der Waals surface area contributed by atoms with E-state index in [0.717, 1.165) is 13.0 Å². The zero-order chi connectivity index (χ0) is 16.8. The van der Waals surface area contributed by atoms with Gasteiger partial charge in [0, 0.05) is 36.0 Å². The highest BCUT2D eigenvalue weighted by Gasteiger charge is 2.22. The van der Waals surface area contributed by atoms with E-state index >= 15 is 0 Å². The summed E-state index contributed by atoms with van der Waals surface area (Å²) in [5, 5.41) is 13.8. The minimum Gasteiger partial charge on any atom is -0.481 e. The monoisotopic (exact) mass is 344 g/mol. The Hall–Kier alpha value is -1.72. The molecule has 0 amide bonds. The molecule has 1 heterocycles. The number of rotatable bonds is 9. The summed E-state index contributed by atoms with van der Waals surface area (Å²) in [6.45, 7) is 0.765. The molecule has 1 aromatic carbocycles. The van der Waals surface area contributed by atoms with Crippen molar-refractivity contribution in [2.24, 2.45) is 0 Å². The van der Waals surface area contributed by atoms with Crippen molar-refractivity contribution in [1.82, 2.24) is 10.3 Å². The minimum atomic E-state index is -0.736. The summed E-state index contributed by atoms with van der Waals surface area (Å²) in [6, 6.07) is 10.4. The largest absolute Gasteiger partial charge is 0.481 e. The van der Waals surface area contributed by atoms with Gasteiger partial charge in [-0.1, -0.05) is 36.8 Å². The lowest BCUT2D eigenvalue weighted by Gasteiger charge is -2.22. The lowest BCUT2D eigenvalue weighted by Crippen LogP contribution is -2.31. The van der Waals surface area contributed by atoms with Crippen LogP contribution in [0.1, 0.15) is 53.5 Å². The number of nitrogens with zero attached hydrogens (tertiary/aromatic N) is 1. The zero-order valence-electron chi connectivity index (χ0n) is 13.8. The molecular formula is C19H24N2O2S. The summed E-state index contributed by atoms with van der Waals surface area (Å²) in [5.74, 6) is -0.0594. The van der Waals surface area contributed by atoms with Crippen molar-refractivity contribution < 1.29 is 9.90 Å². The molecule has 1 saturated carbocycles. The quantitative estimate of drug-likeness (QED) is 0.722. The predicted molar refractivity (Wildman–Crippen MR) is 96.3 cm³/mol. The number of nitrogens with one attached hydrogen (secondary N) is 1. The van der Waals surface area contributed by atoms with Crippen LogP contribution in [0.2, 0.25) is 0 Å². The molecule has 128 valence electrons. The van der Waals surface area contributed by atoms with Crippen molar-refractivity contribution in [2.45, 2.75) is 57.0 Å². The molecule has 24 heavy (non-hydrogen) atoms. The van der Waals surface area contributed by atoms with Gasteiger partial charge in [0.05, 0.1) is 5.01 Å². The van der Waals surface area contributed by atoms with Gasteiger partial charge in [0.15, 0.2) is 0 Å². The maximum absolute atomic E-state index is 10.9. The Morgan fingerprint density at radius 1 is 1.33 bits per heavy atom. The third-order valence-electron chi connectivity index (χ3n) is 4.62. The van der Waals surface area contributed by atoms with Crippen molar-refractivity contribution in [3.63, 3.8) is 0 Å². The maximum atomic E-state index is 10.9. The topological polar surface area (TPSA) is 62.2 Å². The molecule has 2 N–H and O–H groups in total. The van der Waals surface area contributed by atoms with Gasteiger partial charge in [0.2, 0.25) is 0 Å². The van der Waals surface area contributed by atoms with Gasteiger partial charge in [-0.25, -0.2) is 4.98 Å². The first-order chi connectivity index (χ1) is 11.7. The lowest BCUT2D eigenvalue weighted by molar-refractivity contribution is -0.137. The van der Waals surface area contributed by atoms with E-state index in [4.69, 9.17) is 5.11 Å². The molecule has 5 heteroatoms. The summed E-state index contributed by atoms with van der Waals surface area (Å²) in [4.78, 5) is 16.7. The number of benzene rings is 1. The highest BCUT2D eigenvalue weighted by atomic mass is 32.1. The SMILES string of the molecule is O=C(O)CCC(Cc1ccccc1)NCc1cnc(C2CCC2)s1. The van der Waals surface area contributed by atoms with Gasteiger partial charge < -0.3 is 10.4 Å². The van der Waals surface area contributed by atoms with Gasteiger partial charge in [-0.05, 0) is 31.2 Å². The Morgan fingerprint density at radius 2 is 2.12 bits per heavy atom. The van der Waals surface area contributed by atoms with Gasteiger partial charge >= 0.3 is 5.97 Å². The van der Waals surface area contributed by atoms with Crippen LogP contribution < -0.4 is 5.32 Å². The number of hydrogen-bond acceptors (Lipinski definition) is 4. The van der Waals surface area contributed by atoms with Crippen LogP contribution in [0.5, 0.6) is 0 Å². The molecule has 1 aliphatic carbocycles. The first-order valence-electron chi connectivity index (χ1n) is 8.64. The van der Waals surface area contributed by atoms with E-state index in [1.54, 1.807) is 11.3 Å². The number of thiazole rings is 1. The van der Waals surface area contributed by atoms with Crippen molar-refractivity contribution in [2.75, 3.05) is 0 Å². The standard InChI is InChI=1S/C19H24N2O2S/c22-18(23)10-9-16(11-14-5-2-1-3-6-14)20-12-17-13-21-19(24-17)15-7-4-8-15/h1-3,5-6,13,15-16,20H,4,7-12H2,(H,22,23). The highest BCUT2D eigenvalue weighted by Crippen LogP contribution is 2.38. The van der Waals surface area contributed by atoms with Crippen molar-refractivity contribution in [3.05, 3.63) is 52.0 Å². The summed E-state index contributed by atoms with van der Waals surface area (Å²) in [5.41, 5.74) is 1.24. The molecule has 4 nitrogen and oxygen atoms in total. The van der Waals surface area contributed by atoms with E-state index in [2.05, 4.69) is 22.4 Å². The second kappa shape index (κ2) is 8.40. The Morgan fingerprint density at radius 3 is 2.79 bits per heavy atom. The Balaban J connectivity index is 1.55. The maximum Gasteiger partial charge on any atom is 0.303 e. The molecule has 2 aromatic rings. The van der Waals surface area contributed by atoms with E-state index in [1.807, 2.05) is 24.4 Å². The summed E-state index contributed by atoms with van der Waals surface area (Å²) in [7, 11) is 0. The zero-order valence-corrected chi connectivity index (χ0v) is 14.6. The average Bonchev–Trinajstić information content (AvgIpc) is 2.97.